The zero-order valence-electron chi connectivity index (χ0n) is 34.0. The zero-order valence-corrected chi connectivity index (χ0v) is 34.0. The monoisotopic (exact) mass is 777 g/mol. The lowest BCUT2D eigenvalue weighted by Crippen LogP contribution is -2.38. The first-order valence-electron chi connectivity index (χ1n) is 18.7. The zero-order chi connectivity index (χ0) is 40.7. The summed E-state index contributed by atoms with van der Waals surface area (Å²) in [6.45, 7) is 6.41. The van der Waals surface area contributed by atoms with Crippen LogP contribution in [-0.4, -0.2) is 79.3 Å². The summed E-state index contributed by atoms with van der Waals surface area (Å²) < 4.78 is 45.0. The average Bonchev–Trinajstić information content (AvgIpc) is 4.00. The van der Waals surface area contributed by atoms with Gasteiger partial charge in [-0.2, -0.15) is 0 Å². The number of hydrogen-bond acceptors (Lipinski definition) is 11. The van der Waals surface area contributed by atoms with E-state index in [0.717, 1.165) is 33.2 Å². The van der Waals surface area contributed by atoms with Gasteiger partial charge in [0.25, 0.3) is 0 Å². The molecule has 300 valence electrons. The first-order chi connectivity index (χ1) is 27.6. The molecule has 4 atom stereocenters. The number of esters is 1. The molecule has 0 radical (unpaired) electrons. The van der Waals surface area contributed by atoms with Gasteiger partial charge in [-0.3, -0.25) is 4.98 Å². The standard InChI is InChI=1S/C44H51N5O8/c1-10-57-42(50)32-19-31-20-35(29(2)24-43(55-8,48-17-15-45-27-48)33-11-13-38(51-4)40(21-33)53-6)36(23-37(31)47-26-32)30(3)25-44(56-9,49-18-16-46-28-49)34-12-14-39(52-5)41(22-34)54-7/h11-23,26-30H,10,24-25H2,1-9H3. The van der Waals surface area contributed by atoms with Crippen molar-refractivity contribution in [1.82, 2.24) is 24.1 Å². The summed E-state index contributed by atoms with van der Waals surface area (Å²) in [6, 6.07) is 17.7. The van der Waals surface area contributed by atoms with E-state index in [1.165, 1.54) is 0 Å². The van der Waals surface area contributed by atoms with E-state index in [0.29, 0.717) is 41.4 Å². The molecule has 3 aromatic carbocycles. The molecular weight excluding hydrogens is 727 g/mol. The number of rotatable bonds is 18. The molecule has 4 unspecified atom stereocenters. The van der Waals surface area contributed by atoms with Gasteiger partial charge in [0.05, 0.1) is 58.8 Å². The highest BCUT2D eigenvalue weighted by Crippen LogP contribution is 2.46. The molecule has 0 N–H and O–H groups in total. The maximum absolute atomic E-state index is 12.9. The third kappa shape index (κ3) is 7.77. The van der Waals surface area contributed by atoms with E-state index in [4.69, 9.17) is 38.1 Å². The second-order valence-corrected chi connectivity index (χ2v) is 13.9. The van der Waals surface area contributed by atoms with E-state index < -0.39 is 17.4 Å². The Morgan fingerprint density at radius 2 is 1.16 bits per heavy atom. The van der Waals surface area contributed by atoms with Crippen molar-refractivity contribution in [3.05, 3.63) is 126 Å². The topological polar surface area (TPSA) is 130 Å². The summed E-state index contributed by atoms with van der Waals surface area (Å²) in [5.41, 5.74) is 2.91. The fraction of sp³-hybridized carbons (Fsp3) is 0.364. The van der Waals surface area contributed by atoms with E-state index in [-0.39, 0.29) is 18.4 Å². The molecule has 13 nitrogen and oxygen atoms in total. The highest BCUT2D eigenvalue weighted by Gasteiger charge is 2.40. The number of nitrogens with zero attached hydrogens (tertiary/aromatic N) is 5. The van der Waals surface area contributed by atoms with Crippen LogP contribution in [0.5, 0.6) is 23.0 Å². The third-order valence-corrected chi connectivity index (χ3v) is 10.8. The first kappa shape index (κ1) is 40.7. The molecule has 0 fully saturated rings. The molecule has 6 aromatic rings. The maximum atomic E-state index is 12.9. The van der Waals surface area contributed by atoms with Crippen LogP contribution in [0.2, 0.25) is 0 Å². The minimum Gasteiger partial charge on any atom is -0.493 e. The van der Waals surface area contributed by atoms with Crippen LogP contribution in [0.1, 0.15) is 78.1 Å². The van der Waals surface area contributed by atoms with Crippen molar-refractivity contribution in [2.24, 2.45) is 0 Å². The SMILES string of the molecule is CCOC(=O)c1cnc2cc(C(C)CC(OC)(c3ccc(OC)c(OC)c3)n3ccnc3)c(C(C)CC(OC)(c3ccc(OC)c(OC)c3)n3ccnc3)cc2c1. The summed E-state index contributed by atoms with van der Waals surface area (Å²) in [4.78, 5) is 26.5. The Balaban J connectivity index is 1.52. The number of aromatic nitrogens is 5. The Morgan fingerprint density at radius 1 is 0.667 bits per heavy atom. The number of carbonyl (C=O) groups excluding carboxylic acids is 1. The van der Waals surface area contributed by atoms with Gasteiger partial charge >= 0.3 is 5.97 Å². The molecular formula is C44H51N5O8. The van der Waals surface area contributed by atoms with Crippen molar-refractivity contribution in [2.45, 2.75) is 56.9 Å². The molecule has 0 bridgehead atoms. The number of pyridine rings is 1. The first-order valence-corrected chi connectivity index (χ1v) is 18.7. The molecule has 13 heteroatoms. The predicted molar refractivity (Wildman–Crippen MR) is 215 cm³/mol. The molecule has 0 aliphatic heterocycles. The lowest BCUT2D eigenvalue weighted by atomic mass is 9.79. The fourth-order valence-electron chi connectivity index (χ4n) is 7.90. The Labute approximate surface area is 333 Å². The Morgan fingerprint density at radius 3 is 1.58 bits per heavy atom. The number of benzene rings is 3. The van der Waals surface area contributed by atoms with Crippen molar-refractivity contribution in [3.8, 4) is 23.0 Å². The molecule has 3 heterocycles. The van der Waals surface area contributed by atoms with E-state index in [9.17, 15) is 4.79 Å². The molecule has 0 saturated heterocycles. The van der Waals surface area contributed by atoms with Crippen molar-refractivity contribution in [1.29, 1.82) is 0 Å². The van der Waals surface area contributed by atoms with Crippen molar-refractivity contribution >= 4 is 16.9 Å². The van der Waals surface area contributed by atoms with Crippen molar-refractivity contribution in [3.63, 3.8) is 0 Å². The molecule has 57 heavy (non-hydrogen) atoms. The summed E-state index contributed by atoms with van der Waals surface area (Å²) in [6.07, 6.45) is 13.3. The van der Waals surface area contributed by atoms with Gasteiger partial charge in [0.15, 0.2) is 34.4 Å². The predicted octanol–water partition coefficient (Wildman–Crippen LogP) is 7.92. The molecule has 0 spiro atoms. The highest BCUT2D eigenvalue weighted by atomic mass is 16.5. The van der Waals surface area contributed by atoms with E-state index in [2.05, 4.69) is 35.9 Å². The quantitative estimate of drug-likeness (QED) is 0.0789. The van der Waals surface area contributed by atoms with Gasteiger partial charge in [-0.1, -0.05) is 26.0 Å². The van der Waals surface area contributed by atoms with Gasteiger partial charge in [0, 0.05) is 74.6 Å². The lowest BCUT2D eigenvalue weighted by Gasteiger charge is -2.39. The second-order valence-electron chi connectivity index (χ2n) is 13.9. The molecule has 0 amide bonds. The van der Waals surface area contributed by atoms with Crippen LogP contribution in [0.3, 0.4) is 0 Å². The summed E-state index contributed by atoms with van der Waals surface area (Å²) in [5, 5.41) is 0.808. The van der Waals surface area contributed by atoms with Crippen LogP contribution < -0.4 is 18.9 Å². The van der Waals surface area contributed by atoms with Gasteiger partial charge in [0.1, 0.15) is 0 Å². The van der Waals surface area contributed by atoms with Crippen LogP contribution in [0.25, 0.3) is 10.9 Å². The van der Waals surface area contributed by atoms with Crippen LogP contribution in [0.4, 0.5) is 0 Å². The lowest BCUT2D eigenvalue weighted by molar-refractivity contribution is -0.0544. The molecule has 0 aliphatic rings. The van der Waals surface area contributed by atoms with E-state index in [1.54, 1.807) is 80.8 Å². The van der Waals surface area contributed by atoms with Gasteiger partial charge in [-0.15, -0.1) is 0 Å². The average molecular weight is 778 g/mol. The number of ether oxygens (including phenoxy) is 7. The van der Waals surface area contributed by atoms with Crippen molar-refractivity contribution in [2.75, 3.05) is 49.3 Å². The van der Waals surface area contributed by atoms with E-state index in [1.807, 2.05) is 64.0 Å². The Bertz CT molecular complexity index is 2280. The Kier molecular flexibility index (Phi) is 12.5. The third-order valence-electron chi connectivity index (χ3n) is 10.8. The Hall–Kier alpha value is -5.92. The van der Waals surface area contributed by atoms with Crippen molar-refractivity contribution < 1.29 is 38.0 Å². The van der Waals surface area contributed by atoms with E-state index >= 15 is 0 Å². The second kappa shape index (κ2) is 17.5. The van der Waals surface area contributed by atoms with Crippen LogP contribution >= 0.6 is 0 Å². The normalized spacial score (nSPS) is 14.6. The fourth-order valence-corrected chi connectivity index (χ4v) is 7.90. The number of imidazole rings is 2. The minimum atomic E-state index is -1.01. The number of hydrogen-bond donors (Lipinski definition) is 0. The summed E-state index contributed by atoms with van der Waals surface area (Å²) in [7, 11) is 9.85. The minimum absolute atomic E-state index is 0.125. The molecule has 0 aliphatic carbocycles. The number of carbonyl (C=O) groups is 1. The number of methoxy groups -OCH3 is 6. The van der Waals surface area contributed by atoms with Crippen LogP contribution in [-0.2, 0) is 25.7 Å². The summed E-state index contributed by atoms with van der Waals surface area (Å²) in [5.74, 6) is 1.68. The summed E-state index contributed by atoms with van der Waals surface area (Å²) >= 11 is 0. The smallest absolute Gasteiger partial charge is 0.339 e. The highest BCUT2D eigenvalue weighted by molar-refractivity contribution is 5.94. The van der Waals surface area contributed by atoms with Gasteiger partial charge in [0.2, 0.25) is 0 Å². The van der Waals surface area contributed by atoms with Crippen LogP contribution in [0, 0.1) is 0 Å². The maximum Gasteiger partial charge on any atom is 0.339 e. The van der Waals surface area contributed by atoms with Gasteiger partial charge in [-0.05, 0) is 72.4 Å². The molecule has 3 aromatic heterocycles. The molecule has 0 saturated carbocycles. The largest absolute Gasteiger partial charge is 0.493 e. The van der Waals surface area contributed by atoms with Crippen LogP contribution in [0.15, 0.2) is 98.2 Å². The van der Waals surface area contributed by atoms with Gasteiger partial charge < -0.3 is 42.3 Å². The molecule has 6 rings (SSSR count). The van der Waals surface area contributed by atoms with Gasteiger partial charge in [-0.25, -0.2) is 14.8 Å². The number of fused-ring (bicyclic) bond motifs is 1.